The summed E-state index contributed by atoms with van der Waals surface area (Å²) in [6.07, 6.45) is 4.26. The van der Waals surface area contributed by atoms with Gasteiger partial charge in [-0.1, -0.05) is 6.07 Å². The van der Waals surface area contributed by atoms with Gasteiger partial charge in [-0.15, -0.1) is 0 Å². The van der Waals surface area contributed by atoms with Gasteiger partial charge in [0.15, 0.2) is 0 Å². The molecule has 0 saturated carbocycles. The number of carbonyl (C=O) groups is 2. The number of hydrogen-bond acceptors (Lipinski definition) is 6. The Morgan fingerprint density at radius 1 is 1.13 bits per heavy atom. The predicted octanol–water partition coefficient (Wildman–Crippen LogP) is 3.19. The fourth-order valence-corrected chi connectivity index (χ4v) is 5.52. The molecule has 38 heavy (non-hydrogen) atoms. The first-order valence-corrected chi connectivity index (χ1v) is 13.2. The zero-order valence-electron chi connectivity index (χ0n) is 21.6. The second-order valence-corrected chi connectivity index (χ2v) is 10.0. The zero-order valence-corrected chi connectivity index (χ0v) is 21.6. The van der Waals surface area contributed by atoms with Crippen LogP contribution < -0.4 is 10.1 Å². The SMILES string of the molecule is COc1c(C(=O)N=C2CCOC[C@@H]2O)cc(Cc2ccc(C(=O)NC[C@H]3CCCO3)c(F)c2)c2c1CCC2. The Labute approximate surface area is 221 Å². The molecule has 3 aliphatic rings. The molecule has 2 aliphatic heterocycles. The van der Waals surface area contributed by atoms with E-state index >= 15 is 0 Å². The summed E-state index contributed by atoms with van der Waals surface area (Å²) in [7, 11) is 1.54. The highest BCUT2D eigenvalue weighted by atomic mass is 19.1. The Hall–Kier alpha value is -3.14. The van der Waals surface area contributed by atoms with E-state index in [9.17, 15) is 19.1 Å². The van der Waals surface area contributed by atoms with E-state index in [4.69, 9.17) is 14.2 Å². The van der Waals surface area contributed by atoms with Crippen LogP contribution in [0.3, 0.4) is 0 Å². The number of amides is 2. The number of aliphatic hydroxyl groups is 1. The van der Waals surface area contributed by atoms with E-state index in [1.807, 2.05) is 0 Å². The Kier molecular flexibility index (Phi) is 8.16. The van der Waals surface area contributed by atoms with Gasteiger partial charge in [0, 0.05) is 19.6 Å². The number of halogens is 1. The number of rotatable bonds is 7. The molecular weight excluding hydrogens is 491 g/mol. The Balaban J connectivity index is 1.39. The standard InChI is InChI=1S/C29H33FN2O6/c1-36-27-21-6-2-5-20(21)18(14-23(27)29(35)32-25-9-11-37-16-26(25)33)12-17-7-8-22(24(30)13-17)28(34)31-15-19-4-3-10-38-19/h7-8,13-14,19,26,33H,2-6,9-12,15-16H2,1H3,(H,31,34)/t19-,26+/m1/s1. The molecule has 0 radical (unpaired) electrons. The number of ether oxygens (including phenoxy) is 3. The van der Waals surface area contributed by atoms with E-state index in [1.165, 1.54) is 12.1 Å². The summed E-state index contributed by atoms with van der Waals surface area (Å²) >= 11 is 0. The maximum absolute atomic E-state index is 15.0. The van der Waals surface area contributed by atoms with Gasteiger partial charge in [0.25, 0.3) is 11.8 Å². The van der Waals surface area contributed by atoms with Gasteiger partial charge >= 0.3 is 0 Å². The number of nitrogens with zero attached hydrogens (tertiary/aromatic N) is 1. The molecule has 1 aliphatic carbocycles. The predicted molar refractivity (Wildman–Crippen MR) is 139 cm³/mol. The van der Waals surface area contributed by atoms with Crippen LogP contribution >= 0.6 is 0 Å². The molecule has 2 N–H and O–H groups in total. The van der Waals surface area contributed by atoms with Crippen molar-refractivity contribution in [2.24, 2.45) is 4.99 Å². The van der Waals surface area contributed by atoms with Gasteiger partial charge in [-0.25, -0.2) is 9.38 Å². The highest BCUT2D eigenvalue weighted by molar-refractivity contribution is 6.07. The third kappa shape index (κ3) is 5.65. The van der Waals surface area contributed by atoms with Crippen molar-refractivity contribution in [3.63, 3.8) is 0 Å². The molecule has 202 valence electrons. The quantitative estimate of drug-likeness (QED) is 0.576. The van der Waals surface area contributed by atoms with Crippen LogP contribution in [0.2, 0.25) is 0 Å². The molecule has 9 heteroatoms. The number of aliphatic hydroxyl groups excluding tert-OH is 1. The highest BCUT2D eigenvalue weighted by Crippen LogP contribution is 2.38. The average molecular weight is 525 g/mol. The minimum atomic E-state index is -0.906. The van der Waals surface area contributed by atoms with E-state index in [0.29, 0.717) is 55.2 Å². The zero-order chi connectivity index (χ0) is 26.6. The van der Waals surface area contributed by atoms with Crippen molar-refractivity contribution >= 4 is 17.5 Å². The van der Waals surface area contributed by atoms with Crippen LogP contribution in [-0.4, -0.2) is 68.3 Å². The molecule has 2 fully saturated rings. The lowest BCUT2D eigenvalue weighted by molar-refractivity contribution is 0.0523. The third-order valence-electron chi connectivity index (χ3n) is 7.47. The highest BCUT2D eigenvalue weighted by Gasteiger charge is 2.27. The molecule has 5 rings (SSSR count). The largest absolute Gasteiger partial charge is 0.496 e. The molecule has 2 saturated heterocycles. The van der Waals surface area contributed by atoms with E-state index < -0.39 is 23.7 Å². The van der Waals surface area contributed by atoms with E-state index in [1.54, 1.807) is 19.2 Å². The smallest absolute Gasteiger partial charge is 0.280 e. The molecule has 2 amide bonds. The summed E-state index contributed by atoms with van der Waals surface area (Å²) in [5, 5.41) is 12.9. The minimum absolute atomic E-state index is 0.00609. The molecular formula is C29H33FN2O6. The van der Waals surface area contributed by atoms with E-state index in [-0.39, 0.29) is 18.3 Å². The molecule has 2 atom stereocenters. The first-order valence-electron chi connectivity index (χ1n) is 13.2. The minimum Gasteiger partial charge on any atom is -0.496 e. The van der Waals surface area contributed by atoms with Gasteiger partial charge in [-0.05, 0) is 79.0 Å². The van der Waals surface area contributed by atoms with Gasteiger partial charge in [0.2, 0.25) is 0 Å². The number of methoxy groups -OCH3 is 1. The Morgan fingerprint density at radius 3 is 2.71 bits per heavy atom. The number of aliphatic imine (C=N–C) groups is 1. The fourth-order valence-electron chi connectivity index (χ4n) is 5.52. The van der Waals surface area contributed by atoms with Crippen LogP contribution in [-0.2, 0) is 28.7 Å². The van der Waals surface area contributed by atoms with Crippen molar-refractivity contribution in [2.75, 3.05) is 33.5 Å². The Bertz CT molecular complexity index is 1250. The van der Waals surface area contributed by atoms with Gasteiger partial charge < -0.3 is 24.6 Å². The van der Waals surface area contributed by atoms with Crippen LogP contribution in [0, 0.1) is 5.82 Å². The number of carbonyl (C=O) groups excluding carboxylic acids is 2. The van der Waals surface area contributed by atoms with Crippen molar-refractivity contribution in [1.82, 2.24) is 5.32 Å². The fraction of sp³-hybridized carbons (Fsp3) is 0.483. The van der Waals surface area contributed by atoms with Gasteiger partial charge in [0.05, 0.1) is 43.3 Å². The van der Waals surface area contributed by atoms with Gasteiger partial charge in [-0.3, -0.25) is 9.59 Å². The molecule has 0 unspecified atom stereocenters. The van der Waals surface area contributed by atoms with Crippen molar-refractivity contribution in [3.8, 4) is 5.75 Å². The van der Waals surface area contributed by atoms with Gasteiger partial charge in [-0.2, -0.15) is 0 Å². The van der Waals surface area contributed by atoms with Crippen LogP contribution in [0.4, 0.5) is 4.39 Å². The summed E-state index contributed by atoms with van der Waals surface area (Å²) in [5.41, 5.74) is 4.42. The van der Waals surface area contributed by atoms with E-state index in [2.05, 4.69) is 10.3 Å². The molecule has 0 bridgehead atoms. The molecule has 8 nitrogen and oxygen atoms in total. The molecule has 0 spiro atoms. The second-order valence-electron chi connectivity index (χ2n) is 10.0. The summed E-state index contributed by atoms with van der Waals surface area (Å²) in [5.74, 6) is -1.01. The summed E-state index contributed by atoms with van der Waals surface area (Å²) < 4.78 is 31.4. The van der Waals surface area contributed by atoms with Crippen molar-refractivity contribution in [1.29, 1.82) is 0 Å². The summed E-state index contributed by atoms with van der Waals surface area (Å²) in [4.78, 5) is 30.0. The van der Waals surface area contributed by atoms with Crippen molar-refractivity contribution in [3.05, 3.63) is 63.5 Å². The molecule has 0 aromatic heterocycles. The topological polar surface area (TPSA) is 106 Å². The van der Waals surface area contributed by atoms with Crippen LogP contribution in [0.15, 0.2) is 29.3 Å². The Morgan fingerprint density at radius 2 is 1.97 bits per heavy atom. The molecule has 2 heterocycles. The lowest BCUT2D eigenvalue weighted by atomic mass is 9.92. The van der Waals surface area contributed by atoms with Crippen molar-refractivity contribution in [2.45, 2.75) is 57.2 Å². The summed E-state index contributed by atoms with van der Waals surface area (Å²) in [6, 6.07) is 6.41. The number of nitrogens with one attached hydrogen (secondary N) is 1. The normalized spacial score (nSPS) is 21.9. The maximum Gasteiger partial charge on any atom is 0.280 e. The van der Waals surface area contributed by atoms with Crippen LogP contribution in [0.25, 0.3) is 0 Å². The second kappa shape index (κ2) is 11.7. The number of hydrogen-bond donors (Lipinski definition) is 2. The average Bonchev–Trinajstić information content (AvgIpc) is 3.61. The maximum atomic E-state index is 15.0. The lowest BCUT2D eigenvalue weighted by Gasteiger charge is -2.20. The number of fused-ring (bicyclic) bond motifs is 1. The first kappa shape index (κ1) is 26.5. The lowest BCUT2D eigenvalue weighted by Crippen LogP contribution is -2.33. The van der Waals surface area contributed by atoms with Crippen LogP contribution in [0.1, 0.15) is 68.7 Å². The molecule has 2 aromatic carbocycles. The third-order valence-corrected chi connectivity index (χ3v) is 7.47. The van der Waals surface area contributed by atoms with Gasteiger partial charge in [0.1, 0.15) is 17.7 Å². The number of benzene rings is 2. The monoisotopic (exact) mass is 524 g/mol. The summed E-state index contributed by atoms with van der Waals surface area (Å²) in [6.45, 7) is 1.58. The molecule has 2 aromatic rings. The first-order chi connectivity index (χ1) is 18.4. The van der Waals surface area contributed by atoms with Crippen molar-refractivity contribution < 1.29 is 33.3 Å². The van der Waals surface area contributed by atoms with Crippen LogP contribution in [0.5, 0.6) is 5.75 Å². The van der Waals surface area contributed by atoms with E-state index in [0.717, 1.165) is 48.8 Å².